The van der Waals surface area contributed by atoms with E-state index in [1.54, 1.807) is 0 Å². The van der Waals surface area contributed by atoms with Crippen LogP contribution in [0.25, 0.3) is 0 Å². The summed E-state index contributed by atoms with van der Waals surface area (Å²) in [7, 11) is 0. The zero-order valence-corrected chi connectivity index (χ0v) is 12.5. The van der Waals surface area contributed by atoms with Gasteiger partial charge in [0.05, 0.1) is 11.5 Å². The van der Waals surface area contributed by atoms with E-state index in [9.17, 15) is 4.79 Å². The molecule has 0 spiro atoms. The third-order valence-corrected chi connectivity index (χ3v) is 4.65. The number of amides is 1. The molecule has 1 aliphatic heterocycles. The van der Waals surface area contributed by atoms with Crippen molar-refractivity contribution in [1.29, 1.82) is 0 Å². The lowest BCUT2D eigenvalue weighted by Crippen LogP contribution is -2.50. The molecule has 1 saturated heterocycles. The number of hydrogen-bond donors (Lipinski definition) is 1. The number of aryl methyl sites for hydroxylation is 1. The van der Waals surface area contributed by atoms with E-state index in [4.69, 9.17) is 0 Å². The van der Waals surface area contributed by atoms with E-state index < -0.39 is 0 Å². The van der Waals surface area contributed by atoms with Crippen LogP contribution in [-0.2, 0) is 4.79 Å². The molecule has 0 bridgehead atoms. The molecule has 1 heterocycles. The van der Waals surface area contributed by atoms with Crippen molar-refractivity contribution in [3.63, 3.8) is 0 Å². The van der Waals surface area contributed by atoms with Gasteiger partial charge in [-0.25, -0.2) is 0 Å². The Bertz CT molecular complexity index is 503. The largest absolute Gasteiger partial charge is 0.349 e. The average Bonchev–Trinajstić information content (AvgIpc) is 3.13. The maximum absolute atomic E-state index is 12.5. The van der Waals surface area contributed by atoms with Crippen LogP contribution in [-0.4, -0.2) is 36.0 Å². The first-order valence-electron chi connectivity index (χ1n) is 7.69. The Morgan fingerprint density at radius 2 is 2.15 bits per heavy atom. The van der Waals surface area contributed by atoms with Gasteiger partial charge in [-0.15, -0.1) is 0 Å². The van der Waals surface area contributed by atoms with Gasteiger partial charge in [-0.05, 0) is 51.8 Å². The van der Waals surface area contributed by atoms with Crippen molar-refractivity contribution in [1.82, 2.24) is 10.2 Å². The molecule has 3 nitrogen and oxygen atoms in total. The van der Waals surface area contributed by atoms with Gasteiger partial charge < -0.3 is 10.2 Å². The Morgan fingerprint density at radius 1 is 1.40 bits per heavy atom. The molecule has 108 valence electrons. The van der Waals surface area contributed by atoms with Crippen LogP contribution in [0.4, 0.5) is 0 Å². The molecule has 0 aromatic heterocycles. The number of carbonyl (C=O) groups is 1. The monoisotopic (exact) mass is 272 g/mol. The molecule has 1 aliphatic carbocycles. The molecule has 2 fully saturated rings. The predicted octanol–water partition coefficient (Wildman–Crippen LogP) is 2.45. The highest BCUT2D eigenvalue weighted by Crippen LogP contribution is 2.37. The van der Waals surface area contributed by atoms with Gasteiger partial charge in [-0.3, -0.25) is 4.79 Å². The highest BCUT2D eigenvalue weighted by molar-refractivity contribution is 5.84. The number of rotatable bonds is 5. The highest BCUT2D eigenvalue weighted by atomic mass is 16.2. The summed E-state index contributed by atoms with van der Waals surface area (Å²) < 4.78 is 0. The van der Waals surface area contributed by atoms with E-state index in [1.807, 2.05) is 19.1 Å². The molecule has 1 amide bonds. The summed E-state index contributed by atoms with van der Waals surface area (Å²) in [6.07, 6.45) is 3.58. The molecule has 3 heteroatoms. The second kappa shape index (κ2) is 5.21. The molecule has 3 rings (SSSR count). The normalized spacial score (nSPS) is 21.9. The minimum atomic E-state index is -0.0660. The van der Waals surface area contributed by atoms with Gasteiger partial charge in [0.1, 0.15) is 0 Å². The molecule has 2 aliphatic rings. The molecule has 1 aromatic carbocycles. The third kappa shape index (κ3) is 2.88. The van der Waals surface area contributed by atoms with Crippen molar-refractivity contribution in [2.24, 2.45) is 0 Å². The Hall–Kier alpha value is -1.35. The molecule has 0 radical (unpaired) electrons. The Kier molecular flexibility index (Phi) is 3.55. The van der Waals surface area contributed by atoms with Crippen LogP contribution in [0.5, 0.6) is 0 Å². The second-order valence-corrected chi connectivity index (χ2v) is 6.54. The topological polar surface area (TPSA) is 32.3 Å². The Morgan fingerprint density at radius 3 is 2.70 bits per heavy atom. The fourth-order valence-corrected chi connectivity index (χ4v) is 2.90. The molecule has 1 N–H and O–H groups in total. The third-order valence-electron chi connectivity index (χ3n) is 4.65. The van der Waals surface area contributed by atoms with Crippen LogP contribution in [0.1, 0.15) is 43.2 Å². The Labute approximate surface area is 121 Å². The quantitative estimate of drug-likeness (QED) is 0.893. The maximum atomic E-state index is 12.5. The first-order valence-corrected chi connectivity index (χ1v) is 7.69. The zero-order chi connectivity index (χ0) is 14.2. The van der Waals surface area contributed by atoms with Crippen LogP contribution < -0.4 is 5.32 Å². The lowest BCUT2D eigenvalue weighted by atomic mass is 9.98. The van der Waals surface area contributed by atoms with Gasteiger partial charge in [-0.1, -0.05) is 29.8 Å². The number of carbonyl (C=O) groups excluding carboxylic acids is 1. The molecule has 1 atom stereocenters. The Balaban J connectivity index is 1.61. The smallest absolute Gasteiger partial charge is 0.227 e. The van der Waals surface area contributed by atoms with E-state index in [-0.39, 0.29) is 17.4 Å². The molecular weight excluding hydrogens is 248 g/mol. The second-order valence-electron chi connectivity index (χ2n) is 6.54. The minimum absolute atomic E-state index is 0.0660. The van der Waals surface area contributed by atoms with Crippen LogP contribution in [0, 0.1) is 6.92 Å². The number of benzene rings is 1. The SMILES string of the molecule is Cc1cccc(C(C)C(=O)NC2(CN3CCC3)CC2)c1. The summed E-state index contributed by atoms with van der Waals surface area (Å²) in [4.78, 5) is 14.9. The van der Waals surface area contributed by atoms with Gasteiger partial charge >= 0.3 is 0 Å². The van der Waals surface area contributed by atoms with Gasteiger partial charge in [0.2, 0.25) is 5.91 Å². The van der Waals surface area contributed by atoms with Crippen LogP contribution in [0.3, 0.4) is 0 Å². The van der Waals surface area contributed by atoms with Gasteiger partial charge in [-0.2, -0.15) is 0 Å². The van der Waals surface area contributed by atoms with E-state index >= 15 is 0 Å². The first kappa shape index (κ1) is 13.6. The summed E-state index contributed by atoms with van der Waals surface area (Å²) in [5, 5.41) is 3.30. The number of nitrogens with one attached hydrogen (secondary N) is 1. The maximum Gasteiger partial charge on any atom is 0.227 e. The molecule has 1 aromatic rings. The first-order chi connectivity index (χ1) is 9.58. The minimum Gasteiger partial charge on any atom is -0.349 e. The van der Waals surface area contributed by atoms with Crippen molar-refractivity contribution >= 4 is 5.91 Å². The van der Waals surface area contributed by atoms with Crippen molar-refractivity contribution in [2.75, 3.05) is 19.6 Å². The average molecular weight is 272 g/mol. The van der Waals surface area contributed by atoms with Gasteiger partial charge in [0.25, 0.3) is 0 Å². The lowest BCUT2D eigenvalue weighted by molar-refractivity contribution is -0.123. The van der Waals surface area contributed by atoms with Crippen molar-refractivity contribution in [3.05, 3.63) is 35.4 Å². The summed E-state index contributed by atoms with van der Waals surface area (Å²) >= 11 is 0. The fourth-order valence-electron chi connectivity index (χ4n) is 2.90. The van der Waals surface area contributed by atoms with Gasteiger partial charge in [0.15, 0.2) is 0 Å². The molecular formula is C17H24N2O. The van der Waals surface area contributed by atoms with Crippen molar-refractivity contribution in [2.45, 2.75) is 44.6 Å². The summed E-state index contributed by atoms with van der Waals surface area (Å²) in [6.45, 7) is 7.51. The summed E-state index contributed by atoms with van der Waals surface area (Å²) in [6, 6.07) is 8.26. The van der Waals surface area contributed by atoms with Crippen LogP contribution in [0.2, 0.25) is 0 Å². The molecule has 1 saturated carbocycles. The number of likely N-dealkylation sites (tertiary alicyclic amines) is 1. The summed E-state index contributed by atoms with van der Waals surface area (Å²) in [5.74, 6) is 0.109. The van der Waals surface area contributed by atoms with E-state index in [2.05, 4.69) is 29.3 Å². The molecule has 20 heavy (non-hydrogen) atoms. The van der Waals surface area contributed by atoms with Crippen molar-refractivity contribution < 1.29 is 4.79 Å². The zero-order valence-electron chi connectivity index (χ0n) is 12.5. The standard InChI is InChI=1S/C17H24N2O/c1-13-5-3-6-15(11-13)14(2)16(20)18-17(7-8-17)12-19-9-4-10-19/h3,5-6,11,14H,4,7-10,12H2,1-2H3,(H,18,20). The van der Waals surface area contributed by atoms with E-state index in [0.717, 1.165) is 24.9 Å². The van der Waals surface area contributed by atoms with Crippen molar-refractivity contribution in [3.8, 4) is 0 Å². The number of nitrogens with zero attached hydrogens (tertiary/aromatic N) is 1. The fraction of sp³-hybridized carbons (Fsp3) is 0.588. The van der Waals surface area contributed by atoms with Crippen LogP contribution in [0.15, 0.2) is 24.3 Å². The van der Waals surface area contributed by atoms with E-state index in [0.29, 0.717) is 0 Å². The summed E-state index contributed by atoms with van der Waals surface area (Å²) in [5.41, 5.74) is 2.40. The molecule has 1 unspecified atom stereocenters. The van der Waals surface area contributed by atoms with Crippen LogP contribution >= 0.6 is 0 Å². The highest BCUT2D eigenvalue weighted by Gasteiger charge is 2.46. The van der Waals surface area contributed by atoms with Gasteiger partial charge in [0, 0.05) is 6.54 Å². The lowest BCUT2D eigenvalue weighted by Gasteiger charge is -2.35. The predicted molar refractivity (Wildman–Crippen MR) is 80.8 cm³/mol. The van der Waals surface area contributed by atoms with E-state index in [1.165, 1.54) is 25.1 Å². The number of hydrogen-bond acceptors (Lipinski definition) is 2.